The molecule has 0 aliphatic heterocycles. The van der Waals surface area contributed by atoms with Gasteiger partial charge in [0.15, 0.2) is 0 Å². The second-order valence-corrected chi connectivity index (χ2v) is 4.90. The first kappa shape index (κ1) is 16.8. The first-order chi connectivity index (χ1) is 9.80. The van der Waals surface area contributed by atoms with Crippen LogP contribution in [0.15, 0.2) is 24.3 Å². The van der Waals surface area contributed by atoms with Gasteiger partial charge in [0.2, 0.25) is 0 Å². The molecule has 2 N–H and O–H groups in total. The van der Waals surface area contributed by atoms with Gasteiger partial charge in [0.05, 0.1) is 7.11 Å². The molecule has 0 radical (unpaired) electrons. The fourth-order valence-electron chi connectivity index (χ4n) is 2.16. The minimum atomic E-state index is 0.273. The average Bonchev–Trinajstić information content (AvgIpc) is 2.48. The zero-order valence-electron chi connectivity index (χ0n) is 12.6. The number of hydrogen-bond acceptors (Lipinski definition) is 4. The summed E-state index contributed by atoms with van der Waals surface area (Å²) in [6.07, 6.45) is 3.20. The minimum absolute atomic E-state index is 0.273. The molecule has 0 bridgehead atoms. The van der Waals surface area contributed by atoms with E-state index in [4.69, 9.17) is 14.6 Å². The molecule has 0 amide bonds. The molecule has 1 atom stereocenters. The molecule has 0 saturated heterocycles. The lowest BCUT2D eigenvalue weighted by Crippen LogP contribution is -2.27. The van der Waals surface area contributed by atoms with E-state index in [1.807, 2.05) is 24.3 Å². The van der Waals surface area contributed by atoms with Crippen LogP contribution in [0.1, 0.15) is 26.2 Å². The van der Waals surface area contributed by atoms with Crippen molar-refractivity contribution in [2.24, 2.45) is 5.92 Å². The van der Waals surface area contributed by atoms with Crippen molar-refractivity contribution in [2.45, 2.75) is 26.2 Å². The second kappa shape index (κ2) is 10.5. The number of hydrogen-bond donors (Lipinski definition) is 2. The fourth-order valence-corrected chi connectivity index (χ4v) is 2.16. The van der Waals surface area contributed by atoms with E-state index in [1.165, 1.54) is 0 Å². The van der Waals surface area contributed by atoms with Gasteiger partial charge in [-0.05, 0) is 49.6 Å². The summed E-state index contributed by atoms with van der Waals surface area (Å²) in [5, 5.41) is 12.4. The molecular formula is C16H27NO3. The van der Waals surface area contributed by atoms with Crippen LogP contribution in [0.4, 0.5) is 0 Å². The van der Waals surface area contributed by atoms with Gasteiger partial charge in [0.25, 0.3) is 0 Å². The molecular weight excluding hydrogens is 254 g/mol. The Labute approximate surface area is 122 Å². The van der Waals surface area contributed by atoms with Crippen LogP contribution >= 0.6 is 0 Å². The van der Waals surface area contributed by atoms with Crippen molar-refractivity contribution in [2.75, 3.05) is 33.4 Å². The normalized spacial score (nSPS) is 12.2. The Bertz CT molecular complexity index is 334. The van der Waals surface area contributed by atoms with E-state index >= 15 is 0 Å². The molecule has 20 heavy (non-hydrogen) atoms. The number of rotatable bonds is 11. The van der Waals surface area contributed by atoms with Crippen LogP contribution in [-0.4, -0.2) is 38.5 Å². The smallest absolute Gasteiger partial charge is 0.119 e. The summed E-state index contributed by atoms with van der Waals surface area (Å²) in [7, 11) is 1.65. The molecule has 1 aromatic carbocycles. The van der Waals surface area contributed by atoms with E-state index in [0.717, 1.165) is 43.9 Å². The van der Waals surface area contributed by atoms with E-state index in [1.54, 1.807) is 7.11 Å². The lowest BCUT2D eigenvalue weighted by atomic mass is 10.0. The van der Waals surface area contributed by atoms with Crippen molar-refractivity contribution < 1.29 is 14.6 Å². The zero-order chi connectivity index (χ0) is 14.6. The summed E-state index contributed by atoms with van der Waals surface area (Å²) < 4.78 is 10.7. The van der Waals surface area contributed by atoms with Crippen LogP contribution in [0, 0.1) is 5.92 Å². The van der Waals surface area contributed by atoms with Crippen molar-refractivity contribution >= 4 is 0 Å². The lowest BCUT2D eigenvalue weighted by Gasteiger charge is -2.15. The zero-order valence-corrected chi connectivity index (χ0v) is 12.6. The van der Waals surface area contributed by atoms with E-state index in [2.05, 4.69) is 12.2 Å². The first-order valence-electron chi connectivity index (χ1n) is 7.38. The Hall–Kier alpha value is -1.26. The maximum Gasteiger partial charge on any atom is 0.119 e. The van der Waals surface area contributed by atoms with Gasteiger partial charge in [-0.3, -0.25) is 0 Å². The van der Waals surface area contributed by atoms with E-state index in [0.29, 0.717) is 12.5 Å². The highest BCUT2D eigenvalue weighted by atomic mass is 16.5. The Kier molecular flexibility index (Phi) is 8.83. The summed E-state index contributed by atoms with van der Waals surface area (Å²) >= 11 is 0. The number of aliphatic hydroxyl groups is 1. The quantitative estimate of drug-likeness (QED) is 0.612. The van der Waals surface area contributed by atoms with Gasteiger partial charge in [-0.15, -0.1) is 0 Å². The Morgan fingerprint density at radius 2 is 1.85 bits per heavy atom. The third kappa shape index (κ3) is 6.78. The van der Waals surface area contributed by atoms with Gasteiger partial charge >= 0.3 is 0 Å². The molecule has 0 spiro atoms. The van der Waals surface area contributed by atoms with Crippen molar-refractivity contribution in [3.63, 3.8) is 0 Å². The van der Waals surface area contributed by atoms with Gasteiger partial charge in [-0.1, -0.05) is 13.3 Å². The SMILES string of the molecule is CCCC(CCO)CNCCOc1ccc(OC)cc1. The van der Waals surface area contributed by atoms with Gasteiger partial charge in [-0.2, -0.15) is 0 Å². The molecule has 0 saturated carbocycles. The minimum Gasteiger partial charge on any atom is -0.497 e. The maximum atomic E-state index is 8.99. The van der Waals surface area contributed by atoms with Crippen LogP contribution in [0.2, 0.25) is 0 Å². The van der Waals surface area contributed by atoms with Gasteiger partial charge in [0, 0.05) is 13.2 Å². The molecule has 0 aromatic heterocycles. The largest absolute Gasteiger partial charge is 0.497 e. The molecule has 0 aliphatic rings. The van der Waals surface area contributed by atoms with Crippen LogP contribution in [0.3, 0.4) is 0 Å². The summed E-state index contributed by atoms with van der Waals surface area (Å²) in [5.41, 5.74) is 0. The fraction of sp³-hybridized carbons (Fsp3) is 0.625. The van der Waals surface area contributed by atoms with E-state index < -0.39 is 0 Å². The number of methoxy groups -OCH3 is 1. The van der Waals surface area contributed by atoms with Crippen LogP contribution < -0.4 is 14.8 Å². The standard InChI is InChI=1S/C16H27NO3/c1-3-4-14(9-11-18)13-17-10-12-20-16-7-5-15(19-2)6-8-16/h5-8,14,17-18H,3-4,9-13H2,1-2H3. The molecule has 0 aliphatic carbocycles. The van der Waals surface area contributed by atoms with E-state index in [-0.39, 0.29) is 6.61 Å². The highest BCUT2D eigenvalue weighted by molar-refractivity contribution is 5.31. The highest BCUT2D eigenvalue weighted by Gasteiger charge is 2.06. The summed E-state index contributed by atoms with van der Waals surface area (Å²) in [5.74, 6) is 2.25. The number of ether oxygens (including phenoxy) is 2. The summed E-state index contributed by atoms with van der Waals surface area (Å²) in [6, 6.07) is 7.59. The topological polar surface area (TPSA) is 50.7 Å². The molecule has 1 rings (SSSR count). The van der Waals surface area contributed by atoms with Crippen LogP contribution in [0.25, 0.3) is 0 Å². The van der Waals surface area contributed by atoms with Gasteiger partial charge < -0.3 is 19.9 Å². The Morgan fingerprint density at radius 1 is 1.15 bits per heavy atom. The van der Waals surface area contributed by atoms with Gasteiger partial charge in [-0.25, -0.2) is 0 Å². The van der Waals surface area contributed by atoms with Crippen LogP contribution in [-0.2, 0) is 0 Å². The second-order valence-electron chi connectivity index (χ2n) is 4.90. The summed E-state index contributed by atoms with van der Waals surface area (Å²) in [4.78, 5) is 0. The molecule has 114 valence electrons. The molecule has 1 aromatic rings. The van der Waals surface area contributed by atoms with Crippen LogP contribution in [0.5, 0.6) is 11.5 Å². The van der Waals surface area contributed by atoms with Crippen molar-refractivity contribution in [1.29, 1.82) is 0 Å². The van der Waals surface area contributed by atoms with Crippen molar-refractivity contribution in [3.05, 3.63) is 24.3 Å². The number of nitrogens with one attached hydrogen (secondary N) is 1. The monoisotopic (exact) mass is 281 g/mol. The highest BCUT2D eigenvalue weighted by Crippen LogP contribution is 2.16. The average molecular weight is 281 g/mol. The number of benzene rings is 1. The Balaban J connectivity index is 2.14. The first-order valence-corrected chi connectivity index (χ1v) is 7.38. The van der Waals surface area contributed by atoms with E-state index in [9.17, 15) is 0 Å². The third-order valence-corrected chi connectivity index (χ3v) is 3.27. The lowest BCUT2D eigenvalue weighted by molar-refractivity contribution is 0.244. The summed E-state index contributed by atoms with van der Waals surface area (Å²) in [6.45, 7) is 4.86. The molecule has 4 nitrogen and oxygen atoms in total. The third-order valence-electron chi connectivity index (χ3n) is 3.27. The molecule has 0 heterocycles. The van der Waals surface area contributed by atoms with Crippen molar-refractivity contribution in [1.82, 2.24) is 5.32 Å². The maximum absolute atomic E-state index is 8.99. The molecule has 1 unspecified atom stereocenters. The van der Waals surface area contributed by atoms with Crippen molar-refractivity contribution in [3.8, 4) is 11.5 Å². The Morgan fingerprint density at radius 3 is 2.45 bits per heavy atom. The predicted octanol–water partition coefficient (Wildman–Crippen LogP) is 2.46. The van der Waals surface area contributed by atoms with Gasteiger partial charge in [0.1, 0.15) is 18.1 Å². The molecule has 0 fully saturated rings. The number of aliphatic hydroxyl groups excluding tert-OH is 1. The molecule has 4 heteroatoms. The predicted molar refractivity (Wildman–Crippen MR) is 81.5 cm³/mol.